The number of hydrogen-bond acceptors (Lipinski definition) is 5. The minimum absolute atomic E-state index is 0.0752. The van der Waals surface area contributed by atoms with Gasteiger partial charge in [-0.15, -0.1) is 0 Å². The summed E-state index contributed by atoms with van der Waals surface area (Å²) in [6.45, 7) is 0.296. The Morgan fingerprint density at radius 3 is 2.17 bits per heavy atom. The summed E-state index contributed by atoms with van der Waals surface area (Å²) in [6, 6.07) is 20.7. The average molecular weight is 507 g/mol. The van der Waals surface area contributed by atoms with Gasteiger partial charge in [-0.2, -0.15) is 4.72 Å². The molecule has 1 N–H and O–H groups in total. The van der Waals surface area contributed by atoms with Crippen LogP contribution < -0.4 is 16.0 Å². The van der Waals surface area contributed by atoms with E-state index in [2.05, 4.69) is 4.72 Å². The Kier molecular flexibility index (Phi) is 6.91. The van der Waals surface area contributed by atoms with Gasteiger partial charge in [0.2, 0.25) is 15.9 Å². The molecular formula is C26H26N4O5S. The van der Waals surface area contributed by atoms with Crippen molar-refractivity contribution in [2.75, 3.05) is 7.05 Å². The van der Waals surface area contributed by atoms with E-state index >= 15 is 0 Å². The fourth-order valence-electron chi connectivity index (χ4n) is 4.03. The Balaban J connectivity index is 1.72. The number of likely N-dealkylation sites (N-methyl/N-ethyl adjacent to an activating group) is 1. The first-order chi connectivity index (χ1) is 17.1. The second-order valence-corrected chi connectivity index (χ2v) is 10.2. The fourth-order valence-corrected chi connectivity index (χ4v) is 5.23. The fraction of sp³-hybridized carbons (Fsp3) is 0.192. The summed E-state index contributed by atoms with van der Waals surface area (Å²) < 4.78 is 31.6. The summed E-state index contributed by atoms with van der Waals surface area (Å²) >= 11 is 0. The van der Waals surface area contributed by atoms with Crippen molar-refractivity contribution in [1.29, 1.82) is 0 Å². The maximum Gasteiger partial charge on any atom is 0.330 e. The van der Waals surface area contributed by atoms with Crippen LogP contribution in [0.5, 0.6) is 0 Å². The lowest BCUT2D eigenvalue weighted by Crippen LogP contribution is -2.41. The molecule has 186 valence electrons. The van der Waals surface area contributed by atoms with Crippen molar-refractivity contribution in [3.63, 3.8) is 0 Å². The van der Waals surface area contributed by atoms with Crippen molar-refractivity contribution in [2.45, 2.75) is 17.5 Å². The van der Waals surface area contributed by atoms with Crippen molar-refractivity contribution < 1.29 is 13.2 Å². The number of nitrogens with zero attached hydrogens (tertiary/aromatic N) is 3. The minimum Gasteiger partial charge on any atom is -0.340 e. The molecule has 0 bridgehead atoms. The molecule has 0 aliphatic carbocycles. The highest BCUT2D eigenvalue weighted by atomic mass is 32.2. The average Bonchev–Trinajstić information content (AvgIpc) is 2.89. The van der Waals surface area contributed by atoms with Gasteiger partial charge in [0, 0.05) is 27.7 Å². The lowest BCUT2D eigenvalue weighted by molar-refractivity contribution is -0.132. The Morgan fingerprint density at radius 1 is 0.917 bits per heavy atom. The predicted molar refractivity (Wildman–Crippen MR) is 137 cm³/mol. The molecule has 0 saturated heterocycles. The first kappa shape index (κ1) is 25.1. The number of aryl methyl sites for hydroxylation is 1. The van der Waals surface area contributed by atoms with Crippen molar-refractivity contribution in [1.82, 2.24) is 18.8 Å². The summed E-state index contributed by atoms with van der Waals surface area (Å²) in [5.74, 6) is -0.437. The number of amides is 1. The van der Waals surface area contributed by atoms with Gasteiger partial charge in [-0.25, -0.2) is 13.2 Å². The van der Waals surface area contributed by atoms with Crippen LogP contribution in [0.2, 0.25) is 0 Å². The second-order valence-electron chi connectivity index (χ2n) is 8.53. The number of carbonyl (C=O) groups is 1. The van der Waals surface area contributed by atoms with E-state index in [0.29, 0.717) is 17.6 Å². The summed E-state index contributed by atoms with van der Waals surface area (Å²) in [4.78, 5) is 39.6. The number of sulfonamides is 1. The summed E-state index contributed by atoms with van der Waals surface area (Å²) in [7, 11) is 0.208. The molecule has 1 aromatic heterocycles. The molecule has 0 spiro atoms. The predicted octanol–water partition coefficient (Wildman–Crippen LogP) is 1.92. The van der Waals surface area contributed by atoms with Crippen LogP contribution >= 0.6 is 0 Å². The van der Waals surface area contributed by atoms with E-state index in [1.54, 1.807) is 37.4 Å². The topological polar surface area (TPSA) is 110 Å². The van der Waals surface area contributed by atoms with Crippen LogP contribution in [0.3, 0.4) is 0 Å². The molecule has 0 radical (unpaired) electrons. The molecule has 1 atom stereocenters. The molecule has 0 saturated carbocycles. The van der Waals surface area contributed by atoms with Crippen LogP contribution in [-0.4, -0.2) is 35.4 Å². The molecule has 1 amide bonds. The van der Waals surface area contributed by atoms with E-state index in [1.165, 1.54) is 41.8 Å². The zero-order valence-corrected chi connectivity index (χ0v) is 20.9. The molecule has 4 rings (SSSR count). The number of hydrogen-bond donors (Lipinski definition) is 1. The lowest BCUT2D eigenvalue weighted by atomic mass is 10.1. The third-order valence-corrected chi connectivity index (χ3v) is 7.46. The van der Waals surface area contributed by atoms with Crippen LogP contribution in [-0.2, 0) is 35.5 Å². The third-order valence-electron chi connectivity index (χ3n) is 6.04. The molecular weight excluding hydrogens is 480 g/mol. The van der Waals surface area contributed by atoms with E-state index in [-0.39, 0.29) is 10.3 Å². The van der Waals surface area contributed by atoms with E-state index in [4.69, 9.17) is 0 Å². The first-order valence-corrected chi connectivity index (χ1v) is 12.6. The SMILES string of the molecule is CN(Cc1ccccc1)C(=O)C(NS(=O)(=O)c1ccc2c(c1)c(=O)n(C)c(=O)n2C)c1ccccc1. The van der Waals surface area contributed by atoms with Crippen LogP contribution in [0.15, 0.2) is 93.3 Å². The monoisotopic (exact) mass is 506 g/mol. The maximum atomic E-state index is 13.5. The Labute approximate surface area is 208 Å². The molecule has 4 aromatic rings. The highest BCUT2D eigenvalue weighted by Crippen LogP contribution is 2.22. The van der Waals surface area contributed by atoms with Crippen molar-refractivity contribution in [2.24, 2.45) is 14.1 Å². The van der Waals surface area contributed by atoms with Gasteiger partial charge in [-0.1, -0.05) is 60.7 Å². The van der Waals surface area contributed by atoms with E-state index in [9.17, 15) is 22.8 Å². The van der Waals surface area contributed by atoms with Crippen LogP contribution in [0, 0.1) is 0 Å². The smallest absolute Gasteiger partial charge is 0.330 e. The molecule has 36 heavy (non-hydrogen) atoms. The third kappa shape index (κ3) is 4.86. The van der Waals surface area contributed by atoms with Crippen molar-refractivity contribution in [3.8, 4) is 0 Å². The molecule has 9 nitrogen and oxygen atoms in total. The van der Waals surface area contributed by atoms with Crippen LogP contribution in [0.4, 0.5) is 0 Å². The van der Waals surface area contributed by atoms with Crippen LogP contribution in [0.1, 0.15) is 17.2 Å². The second kappa shape index (κ2) is 9.92. The van der Waals surface area contributed by atoms with Gasteiger partial charge in [0.15, 0.2) is 0 Å². The lowest BCUT2D eigenvalue weighted by Gasteiger charge is -2.25. The van der Waals surface area contributed by atoms with Gasteiger partial charge in [-0.3, -0.25) is 18.7 Å². The zero-order valence-electron chi connectivity index (χ0n) is 20.1. The van der Waals surface area contributed by atoms with E-state index in [1.807, 2.05) is 30.3 Å². The molecule has 0 aliphatic rings. The molecule has 3 aromatic carbocycles. The Hall–Kier alpha value is -4.02. The first-order valence-electron chi connectivity index (χ1n) is 11.2. The maximum absolute atomic E-state index is 13.5. The normalized spacial score (nSPS) is 12.4. The summed E-state index contributed by atoms with van der Waals surface area (Å²) in [6.07, 6.45) is 0. The van der Waals surface area contributed by atoms with Gasteiger partial charge in [0.05, 0.1) is 15.8 Å². The molecule has 1 unspecified atom stereocenters. The highest BCUT2D eigenvalue weighted by molar-refractivity contribution is 7.89. The number of carbonyl (C=O) groups excluding carboxylic acids is 1. The molecule has 0 fully saturated rings. The number of nitrogens with one attached hydrogen (secondary N) is 1. The van der Waals surface area contributed by atoms with Crippen molar-refractivity contribution >= 4 is 26.8 Å². The van der Waals surface area contributed by atoms with Gasteiger partial charge < -0.3 is 4.90 Å². The zero-order chi connectivity index (χ0) is 26.0. The Morgan fingerprint density at radius 2 is 1.53 bits per heavy atom. The largest absolute Gasteiger partial charge is 0.340 e. The van der Waals surface area contributed by atoms with Gasteiger partial charge >= 0.3 is 5.69 Å². The standard InChI is InChI=1S/C26H26N4O5S/c1-28(17-18-10-6-4-7-11-18)25(32)23(19-12-8-5-9-13-19)27-36(34,35)20-14-15-22-21(16-20)24(31)30(3)26(33)29(22)2/h4-16,23,27H,17H2,1-3H3. The van der Waals surface area contributed by atoms with Crippen LogP contribution in [0.25, 0.3) is 10.9 Å². The van der Waals surface area contributed by atoms with Gasteiger partial charge in [-0.05, 0) is 29.3 Å². The highest BCUT2D eigenvalue weighted by Gasteiger charge is 2.30. The molecule has 0 aliphatic heterocycles. The van der Waals surface area contributed by atoms with Crippen molar-refractivity contribution in [3.05, 3.63) is 111 Å². The number of rotatable bonds is 7. The number of aromatic nitrogens is 2. The summed E-state index contributed by atoms with van der Waals surface area (Å²) in [5.41, 5.74) is 0.560. The quantitative estimate of drug-likeness (QED) is 0.412. The van der Waals surface area contributed by atoms with Gasteiger partial charge in [0.25, 0.3) is 5.56 Å². The Bertz CT molecular complexity index is 1650. The molecule has 1 heterocycles. The minimum atomic E-state index is -4.24. The molecule has 10 heteroatoms. The van der Waals surface area contributed by atoms with Gasteiger partial charge in [0.1, 0.15) is 6.04 Å². The van der Waals surface area contributed by atoms with E-state index < -0.39 is 33.2 Å². The number of fused-ring (bicyclic) bond motifs is 1. The van der Waals surface area contributed by atoms with E-state index in [0.717, 1.165) is 10.1 Å². The summed E-state index contributed by atoms with van der Waals surface area (Å²) in [5, 5.41) is 0.0752. The number of benzene rings is 3.